The fourth-order valence-electron chi connectivity index (χ4n) is 5.39. The fourth-order valence-corrected chi connectivity index (χ4v) is 5.39. The van der Waals surface area contributed by atoms with Gasteiger partial charge in [0.25, 0.3) is 0 Å². The van der Waals surface area contributed by atoms with Crippen LogP contribution >= 0.6 is 0 Å². The number of aryl methyl sites for hydroxylation is 1. The van der Waals surface area contributed by atoms with Crippen molar-refractivity contribution in [1.82, 2.24) is 9.47 Å². The Morgan fingerprint density at radius 3 is 2.88 bits per heavy atom. The van der Waals surface area contributed by atoms with Crippen LogP contribution in [0.15, 0.2) is 42.0 Å². The maximum atomic E-state index is 5.47. The van der Waals surface area contributed by atoms with Gasteiger partial charge in [0.15, 0.2) is 0 Å². The molecule has 4 aliphatic rings. The van der Waals surface area contributed by atoms with Gasteiger partial charge in [0.1, 0.15) is 5.75 Å². The summed E-state index contributed by atoms with van der Waals surface area (Å²) in [7, 11) is 3.97. The summed E-state index contributed by atoms with van der Waals surface area (Å²) in [5, 5.41) is 1.36. The zero-order valence-corrected chi connectivity index (χ0v) is 14.7. The third-order valence-electron chi connectivity index (χ3n) is 6.59. The highest BCUT2D eigenvalue weighted by Gasteiger charge is 2.49. The standard InChI is InChI=1S/C21H24N2O/c1-5-13-11-23-19-10-17-16-8-14(24-4)6-7-18(16)22(3)21(17)20(23)9-15(13)12(19)2/h5-8,15,19-20H,2,9-11H2,1,3-4H3/b13-5-/t15-,19+,20+/m1/s1. The number of ether oxygens (including phenoxy) is 1. The minimum atomic E-state index is 0.502. The van der Waals surface area contributed by atoms with Crippen LogP contribution in [-0.4, -0.2) is 29.2 Å². The first-order chi connectivity index (χ1) is 11.6. The van der Waals surface area contributed by atoms with Crippen LogP contribution in [-0.2, 0) is 13.5 Å². The second kappa shape index (κ2) is 4.76. The Bertz CT molecular complexity index is 904. The average molecular weight is 320 g/mol. The predicted octanol–water partition coefficient (Wildman–Crippen LogP) is 3.99. The van der Waals surface area contributed by atoms with Gasteiger partial charge in [-0.3, -0.25) is 4.90 Å². The first-order valence-corrected chi connectivity index (χ1v) is 8.88. The minimum Gasteiger partial charge on any atom is -0.497 e. The highest BCUT2D eigenvalue weighted by molar-refractivity contribution is 5.87. The lowest BCUT2D eigenvalue weighted by Gasteiger charge is -2.56. The van der Waals surface area contributed by atoms with Crippen LogP contribution in [0.4, 0.5) is 0 Å². The second-order valence-electron chi connectivity index (χ2n) is 7.44. The first kappa shape index (κ1) is 14.4. The number of nitrogens with zero attached hydrogens (tertiary/aromatic N) is 2. The zero-order chi connectivity index (χ0) is 16.6. The van der Waals surface area contributed by atoms with Crippen molar-refractivity contribution >= 4 is 10.9 Å². The zero-order valence-electron chi connectivity index (χ0n) is 14.7. The van der Waals surface area contributed by atoms with Crippen LogP contribution in [0.5, 0.6) is 5.75 Å². The molecule has 3 saturated heterocycles. The van der Waals surface area contributed by atoms with Crippen molar-refractivity contribution in [2.45, 2.75) is 31.8 Å². The number of methoxy groups -OCH3 is 1. The molecule has 6 rings (SSSR count). The van der Waals surface area contributed by atoms with E-state index in [-0.39, 0.29) is 0 Å². The molecule has 0 saturated carbocycles. The van der Waals surface area contributed by atoms with Crippen LogP contribution < -0.4 is 4.74 Å². The van der Waals surface area contributed by atoms with Gasteiger partial charge in [-0.15, -0.1) is 0 Å². The largest absolute Gasteiger partial charge is 0.497 e. The number of piperidine rings is 3. The molecule has 0 spiro atoms. The van der Waals surface area contributed by atoms with Gasteiger partial charge in [0.05, 0.1) is 13.2 Å². The van der Waals surface area contributed by atoms with E-state index in [2.05, 4.69) is 54.3 Å². The number of aromatic nitrogens is 1. The van der Waals surface area contributed by atoms with E-state index in [1.807, 2.05) is 0 Å². The Labute approximate surface area is 143 Å². The summed E-state index contributed by atoms with van der Waals surface area (Å²) in [6, 6.07) is 7.52. The number of fused-ring (bicyclic) bond motifs is 4. The van der Waals surface area contributed by atoms with Crippen molar-refractivity contribution < 1.29 is 4.74 Å². The van der Waals surface area contributed by atoms with E-state index in [9.17, 15) is 0 Å². The maximum Gasteiger partial charge on any atom is 0.119 e. The van der Waals surface area contributed by atoms with Gasteiger partial charge in [0.2, 0.25) is 0 Å². The van der Waals surface area contributed by atoms with E-state index >= 15 is 0 Å². The molecule has 24 heavy (non-hydrogen) atoms. The Kier molecular flexibility index (Phi) is 2.85. The van der Waals surface area contributed by atoms with Crippen molar-refractivity contribution in [3.05, 3.63) is 53.3 Å². The maximum absolute atomic E-state index is 5.47. The fraction of sp³-hybridized carbons (Fsp3) is 0.429. The van der Waals surface area contributed by atoms with Gasteiger partial charge in [-0.2, -0.15) is 0 Å². The third-order valence-corrected chi connectivity index (χ3v) is 6.59. The minimum absolute atomic E-state index is 0.502. The molecule has 4 atom stereocenters. The van der Waals surface area contributed by atoms with Gasteiger partial charge >= 0.3 is 0 Å². The molecule has 124 valence electrons. The lowest BCUT2D eigenvalue weighted by molar-refractivity contribution is 0.0607. The monoisotopic (exact) mass is 320 g/mol. The number of rotatable bonds is 1. The van der Waals surface area contributed by atoms with Crippen molar-refractivity contribution in [1.29, 1.82) is 0 Å². The van der Waals surface area contributed by atoms with Crippen molar-refractivity contribution in [3.8, 4) is 5.75 Å². The van der Waals surface area contributed by atoms with Gasteiger partial charge in [0, 0.05) is 42.1 Å². The molecular formula is C21H24N2O. The molecule has 1 aromatic heterocycles. The second-order valence-corrected chi connectivity index (χ2v) is 7.44. The van der Waals surface area contributed by atoms with Crippen LogP contribution in [0.1, 0.15) is 30.6 Å². The number of benzene rings is 1. The molecule has 5 heterocycles. The smallest absolute Gasteiger partial charge is 0.119 e. The molecule has 3 heteroatoms. The van der Waals surface area contributed by atoms with Crippen molar-refractivity contribution in [3.63, 3.8) is 0 Å². The molecule has 0 radical (unpaired) electrons. The molecule has 4 aliphatic heterocycles. The van der Waals surface area contributed by atoms with E-state index in [1.54, 1.807) is 12.7 Å². The summed E-state index contributed by atoms with van der Waals surface area (Å²) in [5.41, 5.74) is 7.35. The number of hydrogen-bond acceptors (Lipinski definition) is 2. The Morgan fingerprint density at radius 1 is 1.29 bits per heavy atom. The third kappa shape index (κ3) is 1.61. The van der Waals surface area contributed by atoms with E-state index in [4.69, 9.17) is 4.74 Å². The first-order valence-electron chi connectivity index (χ1n) is 8.88. The van der Waals surface area contributed by atoms with Crippen molar-refractivity contribution in [2.75, 3.05) is 13.7 Å². The quantitative estimate of drug-likeness (QED) is 0.739. The normalized spacial score (nSPS) is 32.5. The highest BCUT2D eigenvalue weighted by atomic mass is 16.5. The van der Waals surface area contributed by atoms with Gasteiger partial charge in [-0.25, -0.2) is 0 Å². The molecule has 1 unspecified atom stereocenters. The Morgan fingerprint density at radius 2 is 2.12 bits per heavy atom. The average Bonchev–Trinajstić information content (AvgIpc) is 2.90. The van der Waals surface area contributed by atoms with E-state index in [1.165, 1.54) is 34.2 Å². The molecule has 3 nitrogen and oxygen atoms in total. The topological polar surface area (TPSA) is 17.4 Å². The van der Waals surface area contributed by atoms with E-state index < -0.39 is 0 Å². The van der Waals surface area contributed by atoms with Crippen molar-refractivity contribution in [2.24, 2.45) is 13.0 Å². The molecule has 0 aliphatic carbocycles. The Balaban J connectivity index is 1.73. The summed E-state index contributed by atoms with van der Waals surface area (Å²) >= 11 is 0. The van der Waals surface area contributed by atoms with Gasteiger partial charge in [-0.1, -0.05) is 23.8 Å². The molecule has 0 amide bonds. The van der Waals surface area contributed by atoms with E-state index in [0.717, 1.165) is 18.7 Å². The summed E-state index contributed by atoms with van der Waals surface area (Å²) in [4.78, 5) is 2.69. The van der Waals surface area contributed by atoms with Crippen LogP contribution in [0.3, 0.4) is 0 Å². The van der Waals surface area contributed by atoms with E-state index in [0.29, 0.717) is 18.0 Å². The molecule has 3 fully saturated rings. The number of allylic oxidation sites excluding steroid dienone is 1. The SMILES string of the molecule is C=C1[C@H]2C[C@H]3c4c(c5cc(OC)ccc5n4C)C[C@@H]1N3C/C2=C/C. The molecule has 2 aromatic rings. The van der Waals surface area contributed by atoms with Gasteiger partial charge < -0.3 is 9.30 Å². The predicted molar refractivity (Wildman–Crippen MR) is 97.4 cm³/mol. The molecule has 0 N–H and O–H groups in total. The van der Waals surface area contributed by atoms with Crippen LogP contribution in [0, 0.1) is 5.92 Å². The summed E-state index contributed by atoms with van der Waals surface area (Å²) in [6.07, 6.45) is 4.58. The molecular weight excluding hydrogens is 296 g/mol. The Hall–Kier alpha value is -2.00. The summed E-state index contributed by atoms with van der Waals surface area (Å²) in [5.74, 6) is 1.53. The lowest BCUT2D eigenvalue weighted by Crippen LogP contribution is -2.56. The summed E-state index contributed by atoms with van der Waals surface area (Å²) < 4.78 is 7.89. The summed E-state index contributed by atoms with van der Waals surface area (Å²) in [6.45, 7) is 7.78. The highest BCUT2D eigenvalue weighted by Crippen LogP contribution is 2.54. The number of hydrogen-bond donors (Lipinski definition) is 0. The van der Waals surface area contributed by atoms with Gasteiger partial charge in [-0.05, 0) is 43.5 Å². The lowest BCUT2D eigenvalue weighted by atomic mass is 9.67. The van der Waals surface area contributed by atoms with Crippen LogP contribution in [0.25, 0.3) is 10.9 Å². The molecule has 1 aromatic carbocycles. The molecule has 4 bridgehead atoms. The van der Waals surface area contributed by atoms with Crippen LogP contribution in [0.2, 0.25) is 0 Å².